The van der Waals surface area contributed by atoms with Gasteiger partial charge in [0, 0.05) is 15.1 Å². The van der Waals surface area contributed by atoms with Crippen molar-refractivity contribution in [2.75, 3.05) is 0 Å². The molecular formula is C15H10BrClO. The third-order valence-electron chi connectivity index (χ3n) is 2.38. The van der Waals surface area contributed by atoms with E-state index in [-0.39, 0.29) is 5.78 Å². The van der Waals surface area contributed by atoms with Crippen molar-refractivity contribution in [2.24, 2.45) is 0 Å². The molecule has 18 heavy (non-hydrogen) atoms. The largest absolute Gasteiger partial charge is 0.289 e. The van der Waals surface area contributed by atoms with Crippen molar-refractivity contribution in [1.82, 2.24) is 0 Å². The molecule has 0 saturated carbocycles. The molecule has 0 aliphatic carbocycles. The lowest BCUT2D eigenvalue weighted by molar-refractivity contribution is 0.104. The smallest absolute Gasteiger partial charge is 0.185 e. The molecule has 90 valence electrons. The normalized spacial score (nSPS) is 10.8. The molecule has 0 aromatic heterocycles. The highest BCUT2D eigenvalue weighted by molar-refractivity contribution is 9.10. The summed E-state index contributed by atoms with van der Waals surface area (Å²) in [4.78, 5) is 11.9. The zero-order chi connectivity index (χ0) is 13.0. The van der Waals surface area contributed by atoms with Crippen LogP contribution in [0.5, 0.6) is 0 Å². The van der Waals surface area contributed by atoms with Crippen molar-refractivity contribution in [1.29, 1.82) is 0 Å². The minimum Gasteiger partial charge on any atom is -0.289 e. The van der Waals surface area contributed by atoms with Crippen LogP contribution in [0.15, 0.2) is 59.1 Å². The molecule has 0 unspecified atom stereocenters. The van der Waals surface area contributed by atoms with Crippen LogP contribution in [0.4, 0.5) is 0 Å². The summed E-state index contributed by atoms with van der Waals surface area (Å²) in [6, 6.07) is 14.7. The maximum absolute atomic E-state index is 11.9. The second-order valence-corrected chi connectivity index (χ2v) is 5.12. The molecule has 0 N–H and O–H groups in total. The first kappa shape index (κ1) is 13.1. The van der Waals surface area contributed by atoms with E-state index in [1.807, 2.05) is 30.3 Å². The van der Waals surface area contributed by atoms with Gasteiger partial charge in [-0.2, -0.15) is 0 Å². The number of carbonyl (C=O) groups excluding carboxylic acids is 1. The first-order valence-corrected chi connectivity index (χ1v) is 6.56. The molecular weight excluding hydrogens is 312 g/mol. The van der Waals surface area contributed by atoms with E-state index in [2.05, 4.69) is 15.9 Å². The van der Waals surface area contributed by atoms with E-state index in [9.17, 15) is 4.79 Å². The van der Waals surface area contributed by atoms with E-state index in [0.717, 1.165) is 10.0 Å². The summed E-state index contributed by atoms with van der Waals surface area (Å²) in [5, 5.41) is 0.659. The fourth-order valence-corrected chi connectivity index (χ4v) is 2.12. The predicted molar refractivity (Wildman–Crippen MR) is 79.0 cm³/mol. The van der Waals surface area contributed by atoms with Crippen LogP contribution in [0.3, 0.4) is 0 Å². The molecule has 0 heterocycles. The molecule has 0 saturated heterocycles. The van der Waals surface area contributed by atoms with Gasteiger partial charge in [-0.3, -0.25) is 4.79 Å². The molecule has 0 bridgehead atoms. The van der Waals surface area contributed by atoms with Crippen molar-refractivity contribution in [3.05, 3.63) is 75.2 Å². The molecule has 0 atom stereocenters. The molecule has 0 amide bonds. The minimum absolute atomic E-state index is 0.0312. The Morgan fingerprint density at radius 1 is 1.11 bits per heavy atom. The molecule has 0 radical (unpaired) electrons. The van der Waals surface area contributed by atoms with Gasteiger partial charge >= 0.3 is 0 Å². The Morgan fingerprint density at radius 3 is 2.61 bits per heavy atom. The van der Waals surface area contributed by atoms with Crippen molar-refractivity contribution >= 4 is 39.4 Å². The highest BCUT2D eigenvalue weighted by Crippen LogP contribution is 2.14. The zero-order valence-electron chi connectivity index (χ0n) is 9.44. The van der Waals surface area contributed by atoms with E-state index < -0.39 is 0 Å². The van der Waals surface area contributed by atoms with E-state index in [1.54, 1.807) is 30.4 Å². The molecule has 1 nitrogen and oxygen atoms in total. The third-order valence-corrected chi connectivity index (χ3v) is 3.11. The van der Waals surface area contributed by atoms with Crippen molar-refractivity contribution in [3.63, 3.8) is 0 Å². The quantitative estimate of drug-likeness (QED) is 0.574. The van der Waals surface area contributed by atoms with E-state index in [0.29, 0.717) is 10.6 Å². The molecule has 2 aromatic rings. The molecule has 0 fully saturated rings. The summed E-state index contributed by atoms with van der Waals surface area (Å²) in [6.45, 7) is 0. The summed E-state index contributed by atoms with van der Waals surface area (Å²) >= 11 is 9.22. The van der Waals surface area contributed by atoms with Crippen LogP contribution < -0.4 is 0 Å². The lowest BCUT2D eigenvalue weighted by Crippen LogP contribution is -1.93. The number of rotatable bonds is 3. The fourth-order valence-electron chi connectivity index (χ4n) is 1.52. The van der Waals surface area contributed by atoms with Crippen LogP contribution in [0.25, 0.3) is 6.08 Å². The minimum atomic E-state index is -0.0312. The average Bonchev–Trinajstić information content (AvgIpc) is 2.36. The van der Waals surface area contributed by atoms with Crippen molar-refractivity contribution in [3.8, 4) is 0 Å². The Kier molecular flexibility index (Phi) is 4.34. The Labute approximate surface area is 119 Å². The topological polar surface area (TPSA) is 17.1 Å². The number of hydrogen-bond acceptors (Lipinski definition) is 1. The van der Waals surface area contributed by atoms with Crippen LogP contribution in [0.2, 0.25) is 5.02 Å². The highest BCUT2D eigenvalue weighted by Gasteiger charge is 2.01. The van der Waals surface area contributed by atoms with Crippen LogP contribution in [-0.4, -0.2) is 5.78 Å². The Hall–Kier alpha value is -1.38. The van der Waals surface area contributed by atoms with Gasteiger partial charge in [-0.15, -0.1) is 0 Å². The monoisotopic (exact) mass is 320 g/mol. The van der Waals surface area contributed by atoms with Gasteiger partial charge in [0.05, 0.1) is 0 Å². The summed E-state index contributed by atoms with van der Waals surface area (Å²) < 4.78 is 0.893. The number of allylic oxidation sites excluding steroid dienone is 1. The van der Waals surface area contributed by atoms with Gasteiger partial charge in [0.25, 0.3) is 0 Å². The van der Waals surface area contributed by atoms with Gasteiger partial charge in [-0.25, -0.2) is 0 Å². The van der Waals surface area contributed by atoms with Crippen LogP contribution in [0, 0.1) is 0 Å². The zero-order valence-corrected chi connectivity index (χ0v) is 11.8. The average molecular weight is 322 g/mol. The molecule has 2 rings (SSSR count). The van der Waals surface area contributed by atoms with Crippen molar-refractivity contribution < 1.29 is 4.79 Å². The fraction of sp³-hybridized carbons (Fsp3) is 0. The Balaban J connectivity index is 2.17. The molecule has 3 heteroatoms. The third kappa shape index (κ3) is 3.56. The number of benzene rings is 2. The van der Waals surface area contributed by atoms with Gasteiger partial charge in [0.1, 0.15) is 0 Å². The molecule has 0 aliphatic rings. The Morgan fingerprint density at radius 2 is 1.89 bits per heavy atom. The number of carbonyl (C=O) groups is 1. The van der Waals surface area contributed by atoms with Crippen molar-refractivity contribution in [2.45, 2.75) is 0 Å². The van der Waals surface area contributed by atoms with Gasteiger partial charge in [-0.1, -0.05) is 57.9 Å². The lowest BCUT2D eigenvalue weighted by Gasteiger charge is -1.97. The number of hydrogen-bond donors (Lipinski definition) is 0. The highest BCUT2D eigenvalue weighted by atomic mass is 79.9. The van der Waals surface area contributed by atoms with E-state index in [4.69, 9.17) is 11.6 Å². The Bertz CT molecular complexity index is 605. The molecule has 2 aromatic carbocycles. The molecule has 0 spiro atoms. The second-order valence-electron chi connectivity index (χ2n) is 3.76. The van der Waals surface area contributed by atoms with Gasteiger partial charge < -0.3 is 0 Å². The second kappa shape index (κ2) is 5.98. The summed E-state index contributed by atoms with van der Waals surface area (Å²) in [5.74, 6) is -0.0312. The summed E-state index contributed by atoms with van der Waals surface area (Å²) in [7, 11) is 0. The summed E-state index contributed by atoms with van der Waals surface area (Å²) in [5.41, 5.74) is 1.56. The predicted octanol–water partition coefficient (Wildman–Crippen LogP) is 5.00. The van der Waals surface area contributed by atoms with Gasteiger partial charge in [0.15, 0.2) is 5.78 Å². The van der Waals surface area contributed by atoms with E-state index in [1.165, 1.54) is 0 Å². The van der Waals surface area contributed by atoms with Gasteiger partial charge in [-0.05, 0) is 35.9 Å². The van der Waals surface area contributed by atoms with Crippen LogP contribution in [-0.2, 0) is 0 Å². The number of ketones is 1. The first-order valence-electron chi connectivity index (χ1n) is 5.39. The van der Waals surface area contributed by atoms with Gasteiger partial charge in [0.2, 0.25) is 0 Å². The first-order chi connectivity index (χ1) is 8.65. The van der Waals surface area contributed by atoms with Crippen LogP contribution in [0.1, 0.15) is 15.9 Å². The maximum atomic E-state index is 11.9. The summed E-state index contributed by atoms with van der Waals surface area (Å²) in [6.07, 6.45) is 3.31. The number of halogens is 2. The van der Waals surface area contributed by atoms with Crippen LogP contribution >= 0.6 is 27.5 Å². The van der Waals surface area contributed by atoms with E-state index >= 15 is 0 Å². The lowest BCUT2D eigenvalue weighted by atomic mass is 10.1. The standard InChI is InChI=1S/C15H10BrClO/c16-13-5-2-4-12(10-13)15(18)8-7-11-3-1-6-14(17)9-11/h1-10H/b8-7+. The maximum Gasteiger partial charge on any atom is 0.185 e. The molecule has 0 aliphatic heterocycles. The SMILES string of the molecule is O=C(/C=C/c1cccc(Cl)c1)c1cccc(Br)c1.